The van der Waals surface area contributed by atoms with Gasteiger partial charge in [-0.1, -0.05) is 6.08 Å². The Hall–Kier alpha value is -2.37. The molecule has 6 nitrogen and oxygen atoms in total. The molecule has 1 aromatic heterocycles. The number of pyridine rings is 1. The summed E-state index contributed by atoms with van der Waals surface area (Å²) in [7, 11) is 4.14. The Morgan fingerprint density at radius 2 is 1.95 bits per heavy atom. The van der Waals surface area contributed by atoms with Crippen molar-refractivity contribution in [2.45, 2.75) is 6.42 Å². The van der Waals surface area contributed by atoms with E-state index in [-0.39, 0.29) is 5.57 Å². The molecule has 19 heavy (non-hydrogen) atoms. The Kier molecular flexibility index (Phi) is 3.50. The van der Waals surface area contributed by atoms with Crippen LogP contribution in [0.3, 0.4) is 0 Å². The minimum atomic E-state index is -0.906. The van der Waals surface area contributed by atoms with Gasteiger partial charge in [-0.2, -0.15) is 0 Å². The van der Waals surface area contributed by atoms with Crippen LogP contribution in [-0.4, -0.2) is 38.1 Å². The van der Waals surface area contributed by atoms with E-state index in [0.29, 0.717) is 23.6 Å². The second-order valence-corrected chi connectivity index (χ2v) is 3.83. The minimum absolute atomic E-state index is 0.263. The largest absolute Gasteiger partial charge is 0.494 e. The quantitative estimate of drug-likeness (QED) is 0.590. The van der Waals surface area contributed by atoms with E-state index >= 15 is 0 Å². The summed E-state index contributed by atoms with van der Waals surface area (Å²) in [5.41, 5.74) is 1.54. The van der Waals surface area contributed by atoms with Crippen molar-refractivity contribution >= 4 is 17.3 Å². The number of ketones is 1. The number of carbonyl (C=O) groups is 2. The van der Waals surface area contributed by atoms with Gasteiger partial charge in [0.05, 0.1) is 27.5 Å². The number of esters is 1. The summed E-state index contributed by atoms with van der Waals surface area (Å²) in [5, 5.41) is 0. The van der Waals surface area contributed by atoms with Crippen molar-refractivity contribution in [3.8, 4) is 11.6 Å². The van der Waals surface area contributed by atoms with Gasteiger partial charge in [0.2, 0.25) is 5.88 Å². The monoisotopic (exact) mass is 263 g/mol. The lowest BCUT2D eigenvalue weighted by molar-refractivity contribution is -0.148. The highest BCUT2D eigenvalue weighted by atomic mass is 16.5. The van der Waals surface area contributed by atoms with Gasteiger partial charge in [-0.3, -0.25) is 4.79 Å². The van der Waals surface area contributed by atoms with E-state index in [1.807, 2.05) is 0 Å². The molecule has 1 aliphatic rings. The maximum Gasteiger partial charge on any atom is 0.379 e. The zero-order valence-electron chi connectivity index (χ0n) is 10.9. The lowest BCUT2D eigenvalue weighted by atomic mass is 10.0. The third-order valence-electron chi connectivity index (χ3n) is 2.91. The second kappa shape index (κ2) is 5.09. The second-order valence-electron chi connectivity index (χ2n) is 3.83. The van der Waals surface area contributed by atoms with Crippen LogP contribution in [0, 0.1) is 0 Å². The Morgan fingerprint density at radius 3 is 2.53 bits per heavy atom. The zero-order chi connectivity index (χ0) is 14.0. The molecular weight excluding hydrogens is 250 g/mol. The number of fused-ring (bicyclic) bond motifs is 1. The van der Waals surface area contributed by atoms with Gasteiger partial charge in [0, 0.05) is 16.7 Å². The molecule has 100 valence electrons. The molecule has 0 aromatic carbocycles. The van der Waals surface area contributed by atoms with Crippen LogP contribution in [0.1, 0.15) is 11.1 Å². The Balaban J connectivity index is 2.52. The van der Waals surface area contributed by atoms with Crippen molar-refractivity contribution in [1.82, 2.24) is 4.98 Å². The van der Waals surface area contributed by atoms with Gasteiger partial charge >= 0.3 is 5.97 Å². The molecule has 1 aromatic rings. The van der Waals surface area contributed by atoms with Crippen LogP contribution in [0.15, 0.2) is 12.3 Å². The molecule has 0 unspecified atom stereocenters. The Morgan fingerprint density at radius 1 is 1.21 bits per heavy atom. The summed E-state index contributed by atoms with van der Waals surface area (Å²) in [4.78, 5) is 27.4. The number of hydrogen-bond donors (Lipinski definition) is 0. The third-order valence-corrected chi connectivity index (χ3v) is 2.91. The van der Waals surface area contributed by atoms with Crippen LogP contribution in [0.5, 0.6) is 11.6 Å². The molecule has 1 heterocycles. The normalized spacial score (nSPS) is 12.5. The number of hydrogen-bond acceptors (Lipinski definition) is 6. The number of nitrogens with zero attached hydrogens (tertiary/aromatic N) is 1. The Labute approximate surface area is 110 Å². The number of Topliss-reactive ketones (excluding diaryl/α,β-unsaturated/α-hetero) is 1. The highest BCUT2D eigenvalue weighted by molar-refractivity contribution is 6.52. The summed E-state index contributed by atoms with van der Waals surface area (Å²) < 4.78 is 14.8. The molecule has 0 saturated heterocycles. The standard InChI is InChI=1S/C13H13NO5/c1-17-9-6-14-12(18-2)8-5-4-7(10(8)9)11(15)13(16)19-3/h4,6H,5H2,1-3H3. The van der Waals surface area contributed by atoms with E-state index in [9.17, 15) is 9.59 Å². The van der Waals surface area contributed by atoms with Crippen LogP contribution in [-0.2, 0) is 20.7 Å². The topological polar surface area (TPSA) is 74.7 Å². The predicted octanol–water partition coefficient (Wildman–Crippen LogP) is 0.780. The molecule has 6 heteroatoms. The summed E-state index contributed by atoms with van der Waals surface area (Å²) in [6, 6.07) is 0. The van der Waals surface area contributed by atoms with Crippen molar-refractivity contribution in [3.63, 3.8) is 0 Å². The number of carbonyl (C=O) groups excluding carboxylic acids is 2. The lowest BCUT2D eigenvalue weighted by Crippen LogP contribution is -2.17. The fourth-order valence-electron chi connectivity index (χ4n) is 2.05. The number of aromatic nitrogens is 1. The van der Waals surface area contributed by atoms with Crippen LogP contribution in [0.4, 0.5) is 0 Å². The number of rotatable bonds is 4. The molecule has 0 N–H and O–H groups in total. The zero-order valence-corrected chi connectivity index (χ0v) is 10.9. The van der Waals surface area contributed by atoms with Crippen LogP contribution < -0.4 is 9.47 Å². The molecule has 0 aliphatic heterocycles. The first-order chi connectivity index (χ1) is 9.13. The van der Waals surface area contributed by atoms with Crippen molar-refractivity contribution in [1.29, 1.82) is 0 Å². The van der Waals surface area contributed by atoms with Gasteiger partial charge < -0.3 is 14.2 Å². The highest BCUT2D eigenvalue weighted by Crippen LogP contribution is 2.39. The van der Waals surface area contributed by atoms with E-state index in [2.05, 4.69) is 9.72 Å². The molecule has 0 spiro atoms. The van der Waals surface area contributed by atoms with Crippen molar-refractivity contribution in [2.75, 3.05) is 21.3 Å². The van der Waals surface area contributed by atoms with E-state index in [1.165, 1.54) is 27.5 Å². The summed E-state index contributed by atoms with van der Waals surface area (Å²) >= 11 is 0. The first-order valence-electron chi connectivity index (χ1n) is 5.57. The van der Waals surface area contributed by atoms with Gasteiger partial charge in [-0.05, 0) is 6.42 Å². The number of ether oxygens (including phenoxy) is 3. The molecule has 0 saturated carbocycles. The van der Waals surface area contributed by atoms with Crippen LogP contribution in [0.25, 0.3) is 5.57 Å². The summed E-state index contributed by atoms with van der Waals surface area (Å²) in [6.45, 7) is 0. The van der Waals surface area contributed by atoms with Gasteiger partial charge in [-0.25, -0.2) is 9.78 Å². The molecule has 0 amide bonds. The fraction of sp³-hybridized carbons (Fsp3) is 0.308. The first-order valence-corrected chi connectivity index (χ1v) is 5.57. The van der Waals surface area contributed by atoms with E-state index in [4.69, 9.17) is 9.47 Å². The number of allylic oxidation sites excluding steroid dienone is 1. The van der Waals surface area contributed by atoms with Crippen molar-refractivity contribution < 1.29 is 23.8 Å². The Bertz CT molecular complexity index is 577. The van der Waals surface area contributed by atoms with Gasteiger partial charge in [0.1, 0.15) is 5.75 Å². The van der Waals surface area contributed by atoms with E-state index in [0.717, 1.165) is 5.56 Å². The SMILES string of the molecule is COC(=O)C(=O)C1=CCc2c(OC)ncc(OC)c21. The predicted molar refractivity (Wildman–Crippen MR) is 66.0 cm³/mol. The summed E-state index contributed by atoms with van der Waals surface area (Å²) in [5.74, 6) is -0.763. The lowest BCUT2D eigenvalue weighted by Gasteiger charge is -2.12. The molecule has 0 fully saturated rings. The molecule has 0 atom stereocenters. The maximum absolute atomic E-state index is 11.9. The smallest absolute Gasteiger partial charge is 0.379 e. The highest BCUT2D eigenvalue weighted by Gasteiger charge is 2.31. The fourth-order valence-corrected chi connectivity index (χ4v) is 2.05. The molecule has 1 aliphatic carbocycles. The third kappa shape index (κ3) is 2.05. The van der Waals surface area contributed by atoms with Crippen molar-refractivity contribution in [2.24, 2.45) is 0 Å². The van der Waals surface area contributed by atoms with Gasteiger partial charge in [0.25, 0.3) is 5.78 Å². The molecule has 0 bridgehead atoms. The molecule has 0 radical (unpaired) electrons. The number of methoxy groups -OCH3 is 3. The van der Waals surface area contributed by atoms with Crippen LogP contribution in [0.2, 0.25) is 0 Å². The maximum atomic E-state index is 11.9. The average molecular weight is 263 g/mol. The summed E-state index contributed by atoms with van der Waals surface area (Å²) in [6.07, 6.45) is 3.57. The molecule has 2 rings (SSSR count). The van der Waals surface area contributed by atoms with E-state index in [1.54, 1.807) is 6.08 Å². The van der Waals surface area contributed by atoms with Gasteiger partial charge in [-0.15, -0.1) is 0 Å². The van der Waals surface area contributed by atoms with Gasteiger partial charge in [0.15, 0.2) is 0 Å². The average Bonchev–Trinajstić information content (AvgIpc) is 2.89. The van der Waals surface area contributed by atoms with Crippen LogP contribution >= 0.6 is 0 Å². The van der Waals surface area contributed by atoms with Crippen molar-refractivity contribution in [3.05, 3.63) is 23.4 Å². The molecular formula is C13H13NO5. The van der Waals surface area contributed by atoms with E-state index < -0.39 is 11.8 Å². The minimum Gasteiger partial charge on any atom is -0.494 e. The first kappa shape index (κ1) is 13.1.